The van der Waals surface area contributed by atoms with E-state index in [0.29, 0.717) is 22.7 Å². The van der Waals surface area contributed by atoms with Crippen LogP contribution in [0.3, 0.4) is 0 Å². The van der Waals surface area contributed by atoms with Crippen LogP contribution >= 0.6 is 11.6 Å². The maximum absolute atomic E-state index is 12.9. The van der Waals surface area contributed by atoms with E-state index < -0.39 is 16.7 Å². The number of carbonyl (C=O) groups is 2. The molecular formula is C22H13ClN2O5. The summed E-state index contributed by atoms with van der Waals surface area (Å²) in [6.07, 6.45) is 0. The lowest BCUT2D eigenvalue weighted by Crippen LogP contribution is -2.31. The maximum Gasteiger partial charge on any atom is 0.277 e. The van der Waals surface area contributed by atoms with Crippen molar-refractivity contribution in [2.75, 3.05) is 4.90 Å². The lowest BCUT2D eigenvalue weighted by molar-refractivity contribution is -0.384. The minimum atomic E-state index is -0.660. The first-order valence-electron chi connectivity index (χ1n) is 8.82. The van der Waals surface area contributed by atoms with Crippen molar-refractivity contribution in [1.29, 1.82) is 0 Å². The number of nitrogens with zero attached hydrogens (tertiary/aromatic N) is 2. The molecule has 0 atom stereocenters. The Morgan fingerprint density at radius 2 is 1.40 bits per heavy atom. The molecule has 3 aromatic carbocycles. The van der Waals surface area contributed by atoms with Gasteiger partial charge in [-0.15, -0.1) is 0 Å². The smallest absolute Gasteiger partial charge is 0.277 e. The van der Waals surface area contributed by atoms with Gasteiger partial charge in [0.2, 0.25) is 0 Å². The molecule has 3 aromatic rings. The molecule has 0 N–H and O–H groups in total. The third-order valence-electron chi connectivity index (χ3n) is 4.47. The summed E-state index contributed by atoms with van der Waals surface area (Å²) in [5.74, 6) is -0.0650. The number of para-hydroxylation sites is 1. The van der Waals surface area contributed by atoms with Gasteiger partial charge in [-0.2, -0.15) is 0 Å². The minimum absolute atomic E-state index is 0.00109. The Kier molecular flexibility index (Phi) is 5.04. The number of ether oxygens (including phenoxy) is 1. The fourth-order valence-corrected chi connectivity index (χ4v) is 3.30. The van der Waals surface area contributed by atoms with Crippen LogP contribution in [-0.2, 0) is 9.59 Å². The number of imide groups is 1. The summed E-state index contributed by atoms with van der Waals surface area (Å²) in [6.45, 7) is 0. The molecule has 30 heavy (non-hydrogen) atoms. The van der Waals surface area contributed by atoms with E-state index in [1.54, 1.807) is 24.3 Å². The molecule has 8 heteroatoms. The van der Waals surface area contributed by atoms with Gasteiger partial charge in [0.15, 0.2) is 0 Å². The van der Waals surface area contributed by atoms with Gasteiger partial charge in [-0.25, -0.2) is 4.90 Å². The largest absolute Gasteiger partial charge is 0.457 e. The Hall–Kier alpha value is -3.97. The molecule has 0 aromatic heterocycles. The zero-order valence-electron chi connectivity index (χ0n) is 15.3. The molecule has 0 unspecified atom stereocenters. The number of nitro groups is 1. The van der Waals surface area contributed by atoms with Crippen molar-refractivity contribution in [2.24, 2.45) is 0 Å². The molecule has 0 fully saturated rings. The van der Waals surface area contributed by atoms with Crippen LogP contribution in [0.4, 0.5) is 11.4 Å². The predicted molar refractivity (Wildman–Crippen MR) is 111 cm³/mol. The van der Waals surface area contributed by atoms with Crippen molar-refractivity contribution >= 4 is 40.4 Å². The van der Waals surface area contributed by atoms with E-state index in [0.717, 1.165) is 4.90 Å². The fourth-order valence-electron chi connectivity index (χ4n) is 3.03. The average molecular weight is 421 g/mol. The second kappa shape index (κ2) is 7.81. The van der Waals surface area contributed by atoms with Gasteiger partial charge in [0, 0.05) is 12.1 Å². The first-order valence-corrected chi connectivity index (χ1v) is 9.20. The molecule has 7 nitrogen and oxygen atoms in total. The number of benzene rings is 3. The summed E-state index contributed by atoms with van der Waals surface area (Å²) >= 11 is 6.15. The van der Waals surface area contributed by atoms with Crippen LogP contribution in [0.5, 0.6) is 11.5 Å². The topological polar surface area (TPSA) is 89.8 Å². The van der Waals surface area contributed by atoms with E-state index in [2.05, 4.69) is 0 Å². The Balaban J connectivity index is 1.58. The second-order valence-electron chi connectivity index (χ2n) is 6.35. The highest BCUT2D eigenvalue weighted by molar-refractivity contribution is 6.60. The molecule has 4 rings (SSSR count). The van der Waals surface area contributed by atoms with E-state index in [1.165, 1.54) is 24.3 Å². The van der Waals surface area contributed by atoms with Crippen molar-refractivity contribution in [3.63, 3.8) is 0 Å². The predicted octanol–water partition coefficient (Wildman–Crippen LogP) is 4.91. The first kappa shape index (κ1) is 19.4. The van der Waals surface area contributed by atoms with Gasteiger partial charge in [-0.05, 0) is 54.1 Å². The molecule has 0 spiro atoms. The number of amides is 2. The summed E-state index contributed by atoms with van der Waals surface area (Å²) in [5, 5.41) is 10.6. The standard InChI is InChI=1S/C22H13ClN2O5/c23-20-19(14-6-8-16(9-7-14)25(28)29)21(26)24(22(20)27)15-10-12-18(13-11-15)30-17-4-2-1-3-5-17/h1-13H. The Labute approximate surface area is 175 Å². The summed E-state index contributed by atoms with van der Waals surface area (Å²) in [6, 6.07) is 20.9. The van der Waals surface area contributed by atoms with Crippen molar-refractivity contribution in [2.45, 2.75) is 0 Å². The fraction of sp³-hybridized carbons (Fsp3) is 0. The Morgan fingerprint density at radius 1 is 0.800 bits per heavy atom. The van der Waals surface area contributed by atoms with Gasteiger partial charge in [0.1, 0.15) is 16.5 Å². The molecule has 0 bridgehead atoms. The van der Waals surface area contributed by atoms with Crippen LogP contribution in [0.1, 0.15) is 5.56 Å². The van der Waals surface area contributed by atoms with Gasteiger partial charge in [-0.1, -0.05) is 29.8 Å². The zero-order valence-corrected chi connectivity index (χ0v) is 16.1. The van der Waals surface area contributed by atoms with Gasteiger partial charge in [-0.3, -0.25) is 19.7 Å². The van der Waals surface area contributed by atoms with Crippen LogP contribution in [-0.4, -0.2) is 16.7 Å². The number of halogens is 1. The van der Waals surface area contributed by atoms with E-state index in [9.17, 15) is 19.7 Å². The molecule has 1 aliphatic rings. The third kappa shape index (κ3) is 3.54. The third-order valence-corrected chi connectivity index (χ3v) is 4.82. The van der Waals surface area contributed by atoms with Crippen molar-refractivity contribution in [3.05, 3.63) is 99.6 Å². The molecule has 0 radical (unpaired) electrons. The molecule has 1 aliphatic heterocycles. The Morgan fingerprint density at radius 3 is 2.00 bits per heavy atom. The van der Waals surface area contributed by atoms with Crippen LogP contribution in [0.15, 0.2) is 83.9 Å². The SMILES string of the molecule is O=C1C(Cl)=C(c2ccc([N+](=O)[O-])cc2)C(=O)N1c1ccc(Oc2ccccc2)cc1. The normalized spacial score (nSPS) is 13.7. The highest BCUT2D eigenvalue weighted by Crippen LogP contribution is 2.36. The zero-order chi connectivity index (χ0) is 21.3. The van der Waals surface area contributed by atoms with E-state index in [4.69, 9.17) is 16.3 Å². The Bertz CT molecular complexity index is 1170. The molecule has 2 amide bonds. The van der Waals surface area contributed by atoms with E-state index >= 15 is 0 Å². The number of hydrogen-bond donors (Lipinski definition) is 0. The molecule has 148 valence electrons. The van der Waals surface area contributed by atoms with Crippen LogP contribution in [0.2, 0.25) is 0 Å². The number of rotatable bonds is 5. The number of carbonyl (C=O) groups excluding carboxylic acids is 2. The summed E-state index contributed by atoms with van der Waals surface area (Å²) < 4.78 is 5.71. The number of non-ortho nitro benzene ring substituents is 1. The quantitative estimate of drug-likeness (QED) is 0.332. The summed E-state index contributed by atoms with van der Waals surface area (Å²) in [5.41, 5.74) is 0.537. The number of hydrogen-bond acceptors (Lipinski definition) is 5. The average Bonchev–Trinajstić information content (AvgIpc) is 2.98. The summed E-state index contributed by atoms with van der Waals surface area (Å²) in [4.78, 5) is 36.8. The molecule has 0 aliphatic carbocycles. The summed E-state index contributed by atoms with van der Waals surface area (Å²) in [7, 11) is 0. The number of anilines is 1. The monoisotopic (exact) mass is 420 g/mol. The minimum Gasteiger partial charge on any atom is -0.457 e. The van der Waals surface area contributed by atoms with Gasteiger partial charge >= 0.3 is 0 Å². The van der Waals surface area contributed by atoms with Crippen molar-refractivity contribution in [3.8, 4) is 11.5 Å². The highest BCUT2D eigenvalue weighted by atomic mass is 35.5. The highest BCUT2D eigenvalue weighted by Gasteiger charge is 2.39. The first-order chi connectivity index (χ1) is 14.5. The maximum atomic E-state index is 12.9. The lowest BCUT2D eigenvalue weighted by Gasteiger charge is -2.15. The van der Waals surface area contributed by atoms with Crippen LogP contribution < -0.4 is 9.64 Å². The molecule has 1 heterocycles. The van der Waals surface area contributed by atoms with Gasteiger partial charge in [0.25, 0.3) is 17.5 Å². The van der Waals surface area contributed by atoms with E-state index in [1.807, 2.05) is 30.3 Å². The van der Waals surface area contributed by atoms with Crippen molar-refractivity contribution in [1.82, 2.24) is 0 Å². The van der Waals surface area contributed by atoms with Crippen molar-refractivity contribution < 1.29 is 19.2 Å². The van der Waals surface area contributed by atoms with Gasteiger partial charge in [0.05, 0.1) is 16.2 Å². The molecule has 0 saturated carbocycles. The lowest BCUT2D eigenvalue weighted by atomic mass is 10.1. The second-order valence-corrected chi connectivity index (χ2v) is 6.73. The number of nitro benzene ring substituents is 1. The van der Waals surface area contributed by atoms with Crippen LogP contribution in [0.25, 0.3) is 5.57 Å². The van der Waals surface area contributed by atoms with E-state index in [-0.39, 0.29) is 16.3 Å². The van der Waals surface area contributed by atoms with Crippen LogP contribution in [0, 0.1) is 10.1 Å². The molecular weight excluding hydrogens is 408 g/mol. The van der Waals surface area contributed by atoms with Gasteiger partial charge < -0.3 is 4.74 Å². The molecule has 0 saturated heterocycles.